The number of likely N-dealkylation sites (N-methyl/N-ethyl adjacent to an activating group) is 1. The van der Waals surface area contributed by atoms with Crippen LogP contribution in [-0.4, -0.2) is 79.6 Å². The Bertz CT molecular complexity index is 1170. The molecule has 0 spiro atoms. The number of anilines is 1. The number of hydrogen-bond acceptors (Lipinski definition) is 8. The van der Waals surface area contributed by atoms with Gasteiger partial charge in [-0.15, -0.1) is 0 Å². The van der Waals surface area contributed by atoms with E-state index in [1.807, 2.05) is 0 Å². The molecule has 3 aromatic heterocycles. The van der Waals surface area contributed by atoms with Crippen molar-refractivity contribution in [2.45, 2.75) is 37.7 Å². The minimum absolute atomic E-state index is 0.138. The van der Waals surface area contributed by atoms with Crippen LogP contribution in [0.1, 0.15) is 42.2 Å². The van der Waals surface area contributed by atoms with Gasteiger partial charge in [-0.2, -0.15) is 0 Å². The number of rotatable bonds is 3. The Morgan fingerprint density at radius 2 is 2.10 bits per heavy atom. The second kappa shape index (κ2) is 7.57. The van der Waals surface area contributed by atoms with Crippen LogP contribution in [0.4, 0.5) is 5.82 Å². The van der Waals surface area contributed by atoms with Crippen LogP contribution in [0.15, 0.2) is 23.0 Å². The molecule has 0 radical (unpaired) electrons. The number of carbonyl (C=O) groups excluding carboxylic acids is 1. The number of aromatic nitrogens is 4. The van der Waals surface area contributed by atoms with Gasteiger partial charge in [-0.25, -0.2) is 0 Å². The third-order valence-corrected chi connectivity index (χ3v) is 7.29. The molecule has 10 heteroatoms. The van der Waals surface area contributed by atoms with Crippen molar-refractivity contribution in [3.8, 4) is 0 Å². The molecule has 1 N–H and O–H groups in total. The van der Waals surface area contributed by atoms with E-state index < -0.39 is 5.60 Å². The molecule has 5 rings (SSSR count). The van der Waals surface area contributed by atoms with Gasteiger partial charge in [0.1, 0.15) is 0 Å². The van der Waals surface area contributed by atoms with Crippen LogP contribution in [-0.2, 0) is 10.4 Å². The number of hydrogen-bond donors (Lipinski definition) is 1. The Hall–Kier alpha value is -2.51. The number of aliphatic hydroxyl groups is 1. The van der Waals surface area contributed by atoms with Gasteiger partial charge in [0.2, 0.25) is 0 Å². The molecule has 0 bridgehead atoms. The first-order valence-corrected chi connectivity index (χ1v) is 11.7. The summed E-state index contributed by atoms with van der Waals surface area (Å²) in [5.74, 6) is 0.955. The summed E-state index contributed by atoms with van der Waals surface area (Å²) in [6.45, 7) is 4.20. The van der Waals surface area contributed by atoms with Crippen molar-refractivity contribution in [2.75, 3.05) is 31.6 Å². The zero-order valence-electron chi connectivity index (χ0n) is 17.6. The standard InChI is InChI=1S/C21H25AsN6O3/c1-12-8-16(25-18-17(12)23-11-24-19(18)22)28-6-3-4-13(10-28)14-9-15(31-26-14)21(30)5-7-27(2)20(21)29/h8-9,11,13,30H,3-7,10,22H2,1-2H3/t13-,21-/m1/s1. The second-order valence-corrected chi connectivity index (χ2v) is 9.64. The van der Waals surface area contributed by atoms with Gasteiger partial charge in [0, 0.05) is 13.6 Å². The maximum absolute atomic E-state index is 12.4. The Balaban J connectivity index is 1.41. The number of aryl methyl sites for hydroxylation is 1. The molecule has 1 unspecified atom stereocenters. The van der Waals surface area contributed by atoms with E-state index in [0.717, 1.165) is 58.5 Å². The molecule has 3 atom stereocenters. The van der Waals surface area contributed by atoms with Crippen LogP contribution in [0.3, 0.4) is 0 Å². The quantitative estimate of drug-likeness (QED) is 0.519. The van der Waals surface area contributed by atoms with Gasteiger partial charge in [-0.3, -0.25) is 4.79 Å². The van der Waals surface area contributed by atoms with Crippen LogP contribution in [0, 0.1) is 6.92 Å². The van der Waals surface area contributed by atoms with Crippen molar-refractivity contribution in [1.29, 1.82) is 0 Å². The second-order valence-electron chi connectivity index (χ2n) is 8.49. The molecule has 9 nitrogen and oxygen atoms in total. The van der Waals surface area contributed by atoms with E-state index in [0.29, 0.717) is 13.0 Å². The third kappa shape index (κ3) is 3.40. The summed E-state index contributed by atoms with van der Waals surface area (Å²) in [5, 5.41) is 15.1. The minimum atomic E-state index is -1.61. The molecule has 0 aromatic carbocycles. The molecule has 31 heavy (non-hydrogen) atoms. The molecule has 0 saturated carbocycles. The first-order valence-electron chi connectivity index (χ1n) is 10.4. The molecule has 2 aliphatic heterocycles. The molecule has 2 fully saturated rings. The van der Waals surface area contributed by atoms with Crippen molar-refractivity contribution in [1.82, 2.24) is 25.0 Å². The van der Waals surface area contributed by atoms with Crippen molar-refractivity contribution < 1.29 is 14.4 Å². The van der Waals surface area contributed by atoms with Crippen LogP contribution < -0.4 is 9.38 Å². The Morgan fingerprint density at radius 3 is 2.87 bits per heavy atom. The van der Waals surface area contributed by atoms with Crippen molar-refractivity contribution >= 4 is 44.1 Å². The van der Waals surface area contributed by atoms with Crippen molar-refractivity contribution in [3.05, 3.63) is 35.5 Å². The van der Waals surface area contributed by atoms with E-state index in [4.69, 9.17) is 9.51 Å². The summed E-state index contributed by atoms with van der Waals surface area (Å²) in [6.07, 6.45) is 3.86. The Labute approximate surface area is 188 Å². The van der Waals surface area contributed by atoms with Gasteiger partial charge in [-0.1, -0.05) is 0 Å². The van der Waals surface area contributed by atoms with Gasteiger partial charge < -0.3 is 4.90 Å². The fraction of sp³-hybridized carbons (Fsp3) is 0.476. The van der Waals surface area contributed by atoms with Crippen LogP contribution in [0.2, 0.25) is 0 Å². The molecule has 3 aromatic rings. The number of amides is 1. The van der Waals surface area contributed by atoms with Crippen molar-refractivity contribution in [3.63, 3.8) is 0 Å². The summed E-state index contributed by atoms with van der Waals surface area (Å²) in [5.41, 5.74) is 2.00. The number of carbonyl (C=O) groups is 1. The number of piperidine rings is 1. The zero-order valence-corrected chi connectivity index (χ0v) is 20.0. The van der Waals surface area contributed by atoms with E-state index >= 15 is 0 Å². The van der Waals surface area contributed by atoms with Crippen LogP contribution in [0.25, 0.3) is 11.0 Å². The Kier molecular flexibility index (Phi) is 4.98. The van der Waals surface area contributed by atoms with Crippen molar-refractivity contribution in [2.24, 2.45) is 0 Å². The number of fused-ring (bicyclic) bond motifs is 1. The third-order valence-electron chi connectivity index (χ3n) is 6.41. The average Bonchev–Trinajstić information content (AvgIpc) is 3.37. The zero-order chi connectivity index (χ0) is 21.8. The summed E-state index contributed by atoms with van der Waals surface area (Å²) in [7, 11) is 1.68. The molecule has 162 valence electrons. The molecular formula is C21H25AsN6O3. The fourth-order valence-electron chi connectivity index (χ4n) is 4.55. The summed E-state index contributed by atoms with van der Waals surface area (Å²) < 4.78 is 6.39. The van der Waals surface area contributed by atoms with Crippen LogP contribution >= 0.6 is 0 Å². The van der Waals surface area contributed by atoms with E-state index in [-0.39, 0.29) is 17.6 Å². The van der Waals surface area contributed by atoms with E-state index in [9.17, 15) is 9.90 Å². The first-order chi connectivity index (χ1) is 14.9. The van der Waals surface area contributed by atoms with E-state index in [1.54, 1.807) is 19.4 Å². The molecule has 2 saturated heterocycles. The molecular weight excluding hydrogens is 459 g/mol. The Morgan fingerprint density at radius 1 is 1.26 bits per heavy atom. The SMILES string of the molecule is Cc1cc(N2CCC[C@@H](c3cc([C@]4(O)CCN(C)C4=O)on3)C2)nc2c([AsH2])ncnc12. The molecule has 2 aliphatic rings. The number of nitrogens with zero attached hydrogens (tertiary/aromatic N) is 6. The van der Waals surface area contributed by atoms with Gasteiger partial charge in [0.05, 0.1) is 0 Å². The molecule has 1 amide bonds. The normalized spacial score (nSPS) is 24.4. The average molecular weight is 484 g/mol. The summed E-state index contributed by atoms with van der Waals surface area (Å²) in [6, 6.07) is 3.83. The first kappa shape index (κ1) is 20.4. The maximum atomic E-state index is 12.4. The van der Waals surface area contributed by atoms with E-state index in [2.05, 4.69) is 33.0 Å². The van der Waals surface area contributed by atoms with E-state index in [1.165, 1.54) is 21.8 Å². The predicted octanol–water partition coefficient (Wildman–Crippen LogP) is 0.0133. The topological polar surface area (TPSA) is 108 Å². The fourth-order valence-corrected chi connectivity index (χ4v) is 5.11. The summed E-state index contributed by atoms with van der Waals surface area (Å²) >= 11 is 1.44. The van der Waals surface area contributed by atoms with Gasteiger partial charge in [-0.05, 0) is 0 Å². The van der Waals surface area contributed by atoms with Gasteiger partial charge in [0.15, 0.2) is 0 Å². The van der Waals surface area contributed by atoms with Gasteiger partial charge in [0.25, 0.3) is 0 Å². The molecule has 0 aliphatic carbocycles. The monoisotopic (exact) mass is 484 g/mol. The number of pyridine rings is 1. The number of likely N-dealkylation sites (tertiary alicyclic amines) is 1. The molecule has 5 heterocycles. The van der Waals surface area contributed by atoms with Crippen LogP contribution in [0.5, 0.6) is 0 Å². The summed E-state index contributed by atoms with van der Waals surface area (Å²) in [4.78, 5) is 29.7. The van der Waals surface area contributed by atoms with Gasteiger partial charge >= 0.3 is 165 Å². The predicted molar refractivity (Wildman–Crippen MR) is 117 cm³/mol.